The Kier molecular flexibility index (Phi) is 5.56. The van der Waals surface area contributed by atoms with Gasteiger partial charge in [0.05, 0.1) is 10.9 Å². The maximum atomic E-state index is 12.7. The highest BCUT2D eigenvalue weighted by Crippen LogP contribution is 2.23. The lowest BCUT2D eigenvalue weighted by molar-refractivity contribution is -0.121. The van der Waals surface area contributed by atoms with E-state index in [2.05, 4.69) is 10.3 Å². The third kappa shape index (κ3) is 4.30. The lowest BCUT2D eigenvalue weighted by atomic mass is 9.96. The van der Waals surface area contributed by atoms with Gasteiger partial charge < -0.3 is 10.2 Å². The Labute approximate surface area is 155 Å². The molecule has 1 unspecified atom stereocenters. The average Bonchev–Trinajstić information content (AvgIpc) is 2.64. The summed E-state index contributed by atoms with van der Waals surface area (Å²) in [4.78, 5) is 30.8. The van der Waals surface area contributed by atoms with Crippen molar-refractivity contribution in [3.05, 3.63) is 58.3 Å². The van der Waals surface area contributed by atoms with E-state index in [9.17, 15) is 9.59 Å². The van der Waals surface area contributed by atoms with Crippen molar-refractivity contribution in [2.24, 2.45) is 5.92 Å². The highest BCUT2D eigenvalue weighted by Gasteiger charge is 2.30. The second-order valence-corrected chi connectivity index (χ2v) is 6.70. The highest BCUT2D eigenvalue weighted by molar-refractivity contribution is 6.34. The summed E-state index contributed by atoms with van der Waals surface area (Å²) in [5, 5.41) is 3.36. The molecule has 1 fully saturated rings. The van der Waals surface area contributed by atoms with Crippen LogP contribution in [-0.4, -0.2) is 34.8 Å². The minimum absolute atomic E-state index is 0.0890. The molecule has 0 saturated carbocycles. The van der Waals surface area contributed by atoms with Crippen LogP contribution < -0.4 is 5.32 Å². The Hall–Kier alpha value is -2.11. The van der Waals surface area contributed by atoms with Gasteiger partial charge in [-0.2, -0.15) is 0 Å². The Morgan fingerprint density at radius 2 is 1.88 bits per heavy atom. The van der Waals surface area contributed by atoms with Crippen LogP contribution in [-0.2, 0) is 4.79 Å². The molecule has 2 amide bonds. The Bertz CT molecular complexity index is 783. The number of aromatic nitrogens is 1. The lowest BCUT2D eigenvalue weighted by Gasteiger charge is -2.32. The number of amides is 2. The molecule has 1 aliphatic heterocycles. The van der Waals surface area contributed by atoms with Gasteiger partial charge in [-0.15, -0.1) is 0 Å². The van der Waals surface area contributed by atoms with E-state index in [1.165, 1.54) is 6.07 Å². The molecule has 1 saturated heterocycles. The maximum Gasteiger partial charge on any atom is 0.274 e. The van der Waals surface area contributed by atoms with Crippen molar-refractivity contribution >= 4 is 40.7 Å². The van der Waals surface area contributed by atoms with E-state index < -0.39 is 0 Å². The van der Waals surface area contributed by atoms with Crippen molar-refractivity contribution in [3.8, 4) is 0 Å². The third-order valence-electron chi connectivity index (χ3n) is 4.14. The second-order valence-electron chi connectivity index (χ2n) is 5.91. The first-order valence-corrected chi connectivity index (χ1v) is 8.77. The summed E-state index contributed by atoms with van der Waals surface area (Å²) in [5.41, 5.74) is 0.869. The number of carbonyl (C=O) groups excluding carboxylic acids is 2. The summed E-state index contributed by atoms with van der Waals surface area (Å²) in [6, 6.07) is 12.4. The Morgan fingerprint density at radius 3 is 2.64 bits per heavy atom. The molecule has 0 radical (unpaired) electrons. The SMILES string of the molecule is O=C(Nc1ccccc1)C1CCCN(C(=O)c2nc(Cl)ccc2Cl)C1. The van der Waals surface area contributed by atoms with Gasteiger partial charge in [0.15, 0.2) is 0 Å². The fraction of sp³-hybridized carbons (Fsp3) is 0.278. The van der Waals surface area contributed by atoms with Crippen molar-refractivity contribution in [2.45, 2.75) is 12.8 Å². The average molecular weight is 378 g/mol. The van der Waals surface area contributed by atoms with Gasteiger partial charge in [0.2, 0.25) is 5.91 Å². The molecule has 1 atom stereocenters. The number of para-hydroxylation sites is 1. The number of rotatable bonds is 3. The fourth-order valence-corrected chi connectivity index (χ4v) is 3.19. The number of anilines is 1. The van der Waals surface area contributed by atoms with Crippen LogP contribution in [0.25, 0.3) is 0 Å². The molecule has 1 N–H and O–H groups in total. The van der Waals surface area contributed by atoms with Crippen LogP contribution in [0.15, 0.2) is 42.5 Å². The van der Waals surface area contributed by atoms with E-state index in [0.717, 1.165) is 18.5 Å². The van der Waals surface area contributed by atoms with E-state index in [1.807, 2.05) is 30.3 Å². The fourth-order valence-electron chi connectivity index (χ4n) is 2.86. The van der Waals surface area contributed by atoms with Gasteiger partial charge in [-0.1, -0.05) is 41.4 Å². The van der Waals surface area contributed by atoms with Crippen molar-refractivity contribution in [2.75, 3.05) is 18.4 Å². The van der Waals surface area contributed by atoms with Crippen molar-refractivity contribution in [3.63, 3.8) is 0 Å². The third-order valence-corrected chi connectivity index (χ3v) is 4.65. The number of nitrogens with zero attached hydrogens (tertiary/aromatic N) is 2. The van der Waals surface area contributed by atoms with Gasteiger partial charge in [-0.25, -0.2) is 4.98 Å². The molecule has 1 aromatic carbocycles. The van der Waals surface area contributed by atoms with Crippen LogP contribution in [0, 0.1) is 5.92 Å². The largest absolute Gasteiger partial charge is 0.336 e. The summed E-state index contributed by atoms with van der Waals surface area (Å²) in [5.74, 6) is -0.658. The summed E-state index contributed by atoms with van der Waals surface area (Å²) in [6.45, 7) is 0.903. The Balaban J connectivity index is 1.69. The van der Waals surface area contributed by atoms with Crippen LogP contribution in [0.5, 0.6) is 0 Å². The molecular formula is C18H17Cl2N3O2. The molecule has 1 aromatic heterocycles. The van der Waals surface area contributed by atoms with Gasteiger partial charge in [0.25, 0.3) is 5.91 Å². The molecule has 1 aliphatic rings. The minimum Gasteiger partial charge on any atom is -0.336 e. The molecule has 0 bridgehead atoms. The highest BCUT2D eigenvalue weighted by atomic mass is 35.5. The van der Waals surface area contributed by atoms with Gasteiger partial charge >= 0.3 is 0 Å². The number of benzene rings is 1. The number of hydrogen-bond donors (Lipinski definition) is 1. The zero-order valence-electron chi connectivity index (χ0n) is 13.4. The zero-order chi connectivity index (χ0) is 17.8. The molecule has 2 heterocycles. The zero-order valence-corrected chi connectivity index (χ0v) is 14.9. The van der Waals surface area contributed by atoms with Crippen molar-refractivity contribution in [1.82, 2.24) is 9.88 Å². The topological polar surface area (TPSA) is 62.3 Å². The molecule has 3 rings (SSSR count). The van der Waals surface area contributed by atoms with Crippen LogP contribution in [0.2, 0.25) is 10.2 Å². The smallest absolute Gasteiger partial charge is 0.274 e. The molecule has 7 heteroatoms. The van der Waals surface area contributed by atoms with Crippen molar-refractivity contribution < 1.29 is 9.59 Å². The van der Waals surface area contributed by atoms with Crippen LogP contribution >= 0.6 is 23.2 Å². The number of pyridine rings is 1. The predicted octanol–water partition coefficient (Wildman–Crippen LogP) is 3.88. The summed E-state index contributed by atoms with van der Waals surface area (Å²) >= 11 is 11.9. The number of piperidine rings is 1. The van der Waals surface area contributed by atoms with E-state index in [1.54, 1.807) is 11.0 Å². The number of nitrogens with one attached hydrogen (secondary N) is 1. The van der Waals surface area contributed by atoms with E-state index in [4.69, 9.17) is 23.2 Å². The molecule has 5 nitrogen and oxygen atoms in total. The van der Waals surface area contributed by atoms with Gasteiger partial charge in [0, 0.05) is 18.8 Å². The molecule has 2 aromatic rings. The molecule has 130 valence electrons. The van der Waals surface area contributed by atoms with Crippen molar-refractivity contribution in [1.29, 1.82) is 0 Å². The maximum absolute atomic E-state index is 12.7. The van der Waals surface area contributed by atoms with E-state index in [-0.39, 0.29) is 33.6 Å². The first kappa shape index (κ1) is 17.7. The normalized spacial score (nSPS) is 17.2. The molecule has 0 aliphatic carbocycles. The van der Waals surface area contributed by atoms with Crippen LogP contribution in [0.3, 0.4) is 0 Å². The second kappa shape index (κ2) is 7.85. The monoisotopic (exact) mass is 377 g/mol. The Morgan fingerprint density at radius 1 is 1.12 bits per heavy atom. The number of halogens is 2. The summed E-state index contributed by atoms with van der Waals surface area (Å²) in [7, 11) is 0. The number of hydrogen-bond acceptors (Lipinski definition) is 3. The molecular weight excluding hydrogens is 361 g/mol. The summed E-state index contributed by atoms with van der Waals surface area (Å²) < 4.78 is 0. The standard InChI is InChI=1S/C18H17Cl2N3O2/c19-14-8-9-15(20)22-16(14)18(25)23-10-4-5-12(11-23)17(24)21-13-6-2-1-3-7-13/h1-3,6-9,12H,4-5,10-11H2,(H,21,24). The van der Waals surface area contributed by atoms with Crippen LogP contribution in [0.4, 0.5) is 5.69 Å². The van der Waals surface area contributed by atoms with E-state index in [0.29, 0.717) is 13.1 Å². The predicted molar refractivity (Wildman–Crippen MR) is 98.0 cm³/mol. The minimum atomic E-state index is -0.301. The number of likely N-dealkylation sites (tertiary alicyclic amines) is 1. The summed E-state index contributed by atoms with van der Waals surface area (Å²) in [6.07, 6.45) is 1.48. The van der Waals surface area contributed by atoms with Gasteiger partial charge in [0.1, 0.15) is 10.8 Å². The van der Waals surface area contributed by atoms with Crippen LogP contribution in [0.1, 0.15) is 23.3 Å². The van der Waals surface area contributed by atoms with E-state index >= 15 is 0 Å². The lowest BCUT2D eigenvalue weighted by Crippen LogP contribution is -2.44. The number of carbonyl (C=O) groups is 2. The quantitative estimate of drug-likeness (QED) is 0.825. The first-order chi connectivity index (χ1) is 12.0. The molecule has 0 spiro atoms. The van der Waals surface area contributed by atoms with Gasteiger partial charge in [-0.05, 0) is 37.1 Å². The molecule has 25 heavy (non-hydrogen) atoms. The van der Waals surface area contributed by atoms with Gasteiger partial charge in [-0.3, -0.25) is 9.59 Å². The first-order valence-electron chi connectivity index (χ1n) is 8.02.